The summed E-state index contributed by atoms with van der Waals surface area (Å²) in [7, 11) is 0. The highest BCUT2D eigenvalue weighted by Gasteiger charge is 2.30. The summed E-state index contributed by atoms with van der Waals surface area (Å²) >= 11 is 1.57. The number of nitrogens with one attached hydrogen (secondary N) is 2. The van der Waals surface area contributed by atoms with Crippen molar-refractivity contribution in [3.8, 4) is 11.3 Å². The fourth-order valence-corrected chi connectivity index (χ4v) is 3.73. The molecule has 2 N–H and O–H groups in total. The molecule has 6 heteroatoms. The van der Waals surface area contributed by atoms with Crippen molar-refractivity contribution in [3.05, 3.63) is 70.5 Å². The number of thiophene rings is 1. The van der Waals surface area contributed by atoms with Crippen LogP contribution in [0.3, 0.4) is 0 Å². The average molecular weight is 410 g/mol. The van der Waals surface area contributed by atoms with Crippen LogP contribution in [0.2, 0.25) is 0 Å². The van der Waals surface area contributed by atoms with Gasteiger partial charge in [-0.3, -0.25) is 9.59 Å². The number of hydrogen-bond acceptors (Lipinski definition) is 3. The second-order valence-corrected chi connectivity index (χ2v) is 9.11. The molecule has 0 saturated carbocycles. The zero-order valence-electron chi connectivity index (χ0n) is 17.2. The Morgan fingerprint density at radius 1 is 1.07 bits per heavy atom. The van der Waals surface area contributed by atoms with E-state index in [-0.39, 0.29) is 17.4 Å². The molecule has 0 fully saturated rings. The number of aromatic nitrogens is 1. The first-order valence-corrected chi connectivity index (χ1v) is 10.5. The molecule has 3 rings (SSSR count). The van der Waals surface area contributed by atoms with Crippen LogP contribution in [-0.4, -0.2) is 33.3 Å². The Balaban J connectivity index is 1.86. The zero-order valence-corrected chi connectivity index (χ0v) is 18.0. The molecular weight excluding hydrogens is 382 g/mol. The van der Waals surface area contributed by atoms with Crippen LogP contribution in [0.1, 0.15) is 43.1 Å². The molecule has 29 heavy (non-hydrogen) atoms. The summed E-state index contributed by atoms with van der Waals surface area (Å²) in [6.45, 7) is 7.95. The lowest BCUT2D eigenvalue weighted by Crippen LogP contribution is -2.52. The van der Waals surface area contributed by atoms with E-state index in [4.69, 9.17) is 0 Å². The van der Waals surface area contributed by atoms with E-state index in [9.17, 15) is 9.59 Å². The van der Waals surface area contributed by atoms with E-state index in [0.717, 1.165) is 16.1 Å². The van der Waals surface area contributed by atoms with Crippen LogP contribution in [0.15, 0.2) is 60.0 Å². The van der Waals surface area contributed by atoms with Gasteiger partial charge in [0.05, 0.1) is 6.54 Å². The molecule has 0 spiro atoms. The number of amides is 2. The van der Waals surface area contributed by atoms with Crippen molar-refractivity contribution < 1.29 is 9.59 Å². The molecule has 152 valence electrons. The van der Waals surface area contributed by atoms with Crippen molar-refractivity contribution in [2.24, 2.45) is 0 Å². The number of benzene rings is 1. The van der Waals surface area contributed by atoms with Crippen molar-refractivity contribution in [2.45, 2.75) is 45.8 Å². The number of rotatable bonds is 6. The third-order valence-electron chi connectivity index (χ3n) is 4.51. The predicted molar refractivity (Wildman–Crippen MR) is 118 cm³/mol. The van der Waals surface area contributed by atoms with Gasteiger partial charge >= 0.3 is 0 Å². The fourth-order valence-electron chi connectivity index (χ4n) is 3.03. The van der Waals surface area contributed by atoms with Crippen LogP contribution >= 0.6 is 11.3 Å². The molecule has 1 atom stereocenters. The molecule has 2 amide bonds. The van der Waals surface area contributed by atoms with Crippen LogP contribution in [-0.2, 0) is 11.3 Å². The topological polar surface area (TPSA) is 65.2 Å². The van der Waals surface area contributed by atoms with Gasteiger partial charge in [-0.2, -0.15) is 0 Å². The maximum atomic E-state index is 13.3. The van der Waals surface area contributed by atoms with Gasteiger partial charge in [-0.15, -0.1) is 11.3 Å². The minimum absolute atomic E-state index is 0.169. The summed E-state index contributed by atoms with van der Waals surface area (Å²) in [5.74, 6) is -0.366. The Kier molecular flexibility index (Phi) is 6.23. The monoisotopic (exact) mass is 409 g/mol. The van der Waals surface area contributed by atoms with E-state index in [1.54, 1.807) is 29.2 Å². The number of nitrogens with zero attached hydrogens (tertiary/aromatic N) is 1. The lowest BCUT2D eigenvalue weighted by atomic mass is 10.1. The molecule has 0 bridgehead atoms. The normalized spacial score (nSPS) is 12.4. The van der Waals surface area contributed by atoms with Crippen LogP contribution in [0.25, 0.3) is 11.3 Å². The molecule has 2 aromatic heterocycles. The standard InChI is InChI=1S/C23H27N3O2S/c1-16(21(27)25-23(2,3)4)26(15-18-11-8-14-29-18)22(28)20-13-12-19(24-20)17-9-6-5-7-10-17/h5-14,16,24H,15H2,1-4H3,(H,25,27). The summed E-state index contributed by atoms with van der Waals surface area (Å²) in [6.07, 6.45) is 0. The molecule has 0 aliphatic heterocycles. The molecular formula is C23H27N3O2S. The molecule has 2 heterocycles. The highest BCUT2D eigenvalue weighted by Crippen LogP contribution is 2.21. The van der Waals surface area contributed by atoms with E-state index >= 15 is 0 Å². The lowest BCUT2D eigenvalue weighted by molar-refractivity contribution is -0.126. The number of H-pyrrole nitrogens is 1. The molecule has 0 aliphatic rings. The van der Waals surface area contributed by atoms with Crippen LogP contribution in [0.5, 0.6) is 0 Å². The average Bonchev–Trinajstić information content (AvgIpc) is 3.36. The number of carbonyl (C=O) groups is 2. The van der Waals surface area contributed by atoms with Crippen molar-refractivity contribution in [3.63, 3.8) is 0 Å². The molecule has 5 nitrogen and oxygen atoms in total. The molecule has 1 unspecified atom stereocenters. The summed E-state index contributed by atoms with van der Waals surface area (Å²) in [5, 5.41) is 4.95. The molecule has 3 aromatic rings. The van der Waals surface area contributed by atoms with Crippen molar-refractivity contribution in [1.82, 2.24) is 15.2 Å². The molecule has 0 aliphatic carbocycles. The van der Waals surface area contributed by atoms with Crippen LogP contribution in [0.4, 0.5) is 0 Å². The Bertz CT molecular complexity index is 956. The van der Waals surface area contributed by atoms with E-state index in [2.05, 4.69) is 10.3 Å². The Labute approximate surface area is 175 Å². The largest absolute Gasteiger partial charge is 0.351 e. The summed E-state index contributed by atoms with van der Waals surface area (Å²) < 4.78 is 0. The maximum absolute atomic E-state index is 13.3. The summed E-state index contributed by atoms with van der Waals surface area (Å²) in [6, 6.07) is 16.8. The van der Waals surface area contributed by atoms with Gasteiger partial charge in [0.1, 0.15) is 11.7 Å². The minimum atomic E-state index is -0.604. The van der Waals surface area contributed by atoms with Crippen LogP contribution < -0.4 is 5.32 Å². The second kappa shape index (κ2) is 8.66. The molecule has 0 radical (unpaired) electrons. The third kappa shape index (κ3) is 5.35. The molecule has 0 saturated heterocycles. The maximum Gasteiger partial charge on any atom is 0.271 e. The highest BCUT2D eigenvalue weighted by atomic mass is 32.1. The fraction of sp³-hybridized carbons (Fsp3) is 0.304. The van der Waals surface area contributed by atoms with Gasteiger partial charge in [0.25, 0.3) is 5.91 Å². The van der Waals surface area contributed by atoms with Crippen molar-refractivity contribution in [1.29, 1.82) is 0 Å². The zero-order chi connectivity index (χ0) is 21.0. The Hall–Kier alpha value is -2.86. The second-order valence-electron chi connectivity index (χ2n) is 8.08. The predicted octanol–water partition coefficient (Wildman–Crippen LogP) is 4.69. The van der Waals surface area contributed by atoms with Crippen molar-refractivity contribution >= 4 is 23.2 Å². The van der Waals surface area contributed by atoms with E-state index in [1.807, 2.05) is 74.7 Å². The quantitative estimate of drug-likeness (QED) is 0.620. The first-order chi connectivity index (χ1) is 13.7. The van der Waals surface area contributed by atoms with Crippen LogP contribution in [0, 0.1) is 0 Å². The van der Waals surface area contributed by atoms with Gasteiger partial charge in [-0.05, 0) is 56.8 Å². The van der Waals surface area contributed by atoms with E-state index < -0.39 is 6.04 Å². The minimum Gasteiger partial charge on any atom is -0.351 e. The first-order valence-electron chi connectivity index (χ1n) is 9.64. The number of hydrogen-bond donors (Lipinski definition) is 2. The summed E-state index contributed by atoms with van der Waals surface area (Å²) in [4.78, 5) is 32.0. The van der Waals surface area contributed by atoms with Gasteiger partial charge < -0.3 is 15.2 Å². The highest BCUT2D eigenvalue weighted by molar-refractivity contribution is 7.09. The number of carbonyl (C=O) groups excluding carboxylic acids is 2. The van der Waals surface area contributed by atoms with Crippen molar-refractivity contribution in [2.75, 3.05) is 0 Å². The Morgan fingerprint density at radius 3 is 2.41 bits per heavy atom. The number of aromatic amines is 1. The molecule has 1 aromatic carbocycles. The van der Waals surface area contributed by atoms with Gasteiger partial charge in [-0.1, -0.05) is 36.4 Å². The van der Waals surface area contributed by atoms with Gasteiger partial charge in [-0.25, -0.2) is 0 Å². The van der Waals surface area contributed by atoms with Gasteiger partial charge in [0.2, 0.25) is 5.91 Å². The Morgan fingerprint density at radius 2 is 1.79 bits per heavy atom. The SMILES string of the molecule is CC(C(=O)NC(C)(C)C)N(Cc1cccs1)C(=O)c1ccc(-c2ccccc2)[nH]1. The third-order valence-corrected chi connectivity index (χ3v) is 5.37. The van der Waals surface area contributed by atoms with Gasteiger partial charge in [0, 0.05) is 16.1 Å². The van der Waals surface area contributed by atoms with E-state index in [1.165, 1.54) is 0 Å². The summed E-state index contributed by atoms with van der Waals surface area (Å²) in [5.41, 5.74) is 1.98. The lowest BCUT2D eigenvalue weighted by Gasteiger charge is -2.30. The van der Waals surface area contributed by atoms with E-state index in [0.29, 0.717) is 12.2 Å². The smallest absolute Gasteiger partial charge is 0.271 e. The van der Waals surface area contributed by atoms with Gasteiger partial charge in [0.15, 0.2) is 0 Å². The first kappa shape index (κ1) is 20.9.